The summed E-state index contributed by atoms with van der Waals surface area (Å²) in [6, 6.07) is 5.81. The number of carbonyl (C=O) groups is 1. The van der Waals surface area contributed by atoms with Crippen molar-refractivity contribution in [1.29, 1.82) is 0 Å². The van der Waals surface area contributed by atoms with Gasteiger partial charge in [0, 0.05) is 7.05 Å². The summed E-state index contributed by atoms with van der Waals surface area (Å²) in [5.74, 6) is -0.974. The minimum atomic E-state index is -0.974. The molecule has 1 N–H and O–H groups in total. The van der Waals surface area contributed by atoms with E-state index in [4.69, 9.17) is 5.11 Å². The molecule has 1 aromatic carbocycles. The topological polar surface area (TPSA) is 40.5 Å². The number of carboxylic acid groups (broad SMARTS) is 1. The lowest BCUT2D eigenvalue weighted by Crippen LogP contribution is -2.12. The lowest BCUT2D eigenvalue weighted by molar-refractivity contribution is 0.0159. The number of rotatable bonds is 3. The Morgan fingerprint density at radius 3 is 2.29 bits per heavy atom. The van der Waals surface area contributed by atoms with Gasteiger partial charge < -0.3 is 5.11 Å². The van der Waals surface area contributed by atoms with Crippen LogP contribution in [0.4, 0.5) is 4.48 Å². The third kappa shape index (κ3) is 2.29. The molecule has 0 amide bonds. The van der Waals surface area contributed by atoms with Gasteiger partial charge in [-0.3, -0.25) is 0 Å². The van der Waals surface area contributed by atoms with Crippen molar-refractivity contribution in [3.8, 4) is 0 Å². The Morgan fingerprint density at radius 2 is 1.93 bits per heavy atom. The minimum absolute atomic E-state index is 0.211. The zero-order valence-electron chi connectivity index (χ0n) is 8.07. The first-order chi connectivity index (χ1) is 6.52. The van der Waals surface area contributed by atoms with Crippen LogP contribution < -0.4 is 0 Å². The Hall–Kier alpha value is -1.42. The highest BCUT2D eigenvalue weighted by molar-refractivity contribution is 5.87. The maximum absolute atomic E-state index is 12.8. The van der Waals surface area contributed by atoms with Crippen LogP contribution in [-0.4, -0.2) is 23.2 Å². The molecule has 0 radical (unpaired) electrons. The fourth-order valence-corrected chi connectivity index (χ4v) is 1.11. The summed E-state index contributed by atoms with van der Waals surface area (Å²) in [5, 5.41) is 9.22. The summed E-state index contributed by atoms with van der Waals surface area (Å²) in [4.78, 5) is 10.5. The lowest BCUT2D eigenvalue weighted by Gasteiger charge is -2.15. The van der Waals surface area contributed by atoms with E-state index < -0.39 is 5.97 Å². The first-order valence-electron chi connectivity index (χ1n) is 4.24. The van der Waals surface area contributed by atoms with Gasteiger partial charge in [-0.25, -0.2) is 4.79 Å². The second-order valence-electron chi connectivity index (χ2n) is 3.13. The predicted molar refractivity (Wildman–Crippen MR) is 50.7 cm³/mol. The van der Waals surface area contributed by atoms with E-state index in [0.29, 0.717) is 5.12 Å². The molecule has 0 aliphatic rings. The van der Waals surface area contributed by atoms with Crippen LogP contribution in [0.2, 0.25) is 0 Å². The molecule has 0 aromatic heterocycles. The Balaban J connectivity index is 2.88. The van der Waals surface area contributed by atoms with Gasteiger partial charge in [-0.2, -0.15) is 0 Å². The quantitative estimate of drug-likeness (QED) is 0.755. The number of benzene rings is 1. The molecule has 0 spiro atoms. The minimum Gasteiger partial charge on any atom is -0.478 e. The third-order valence-corrected chi connectivity index (χ3v) is 2.17. The van der Waals surface area contributed by atoms with Crippen LogP contribution >= 0.6 is 0 Å². The lowest BCUT2D eigenvalue weighted by atomic mass is 10.1. The van der Waals surface area contributed by atoms with Crippen molar-refractivity contribution in [2.45, 2.75) is 13.0 Å². The number of hydrogen-bond acceptors (Lipinski definition) is 2. The molecule has 0 saturated carbocycles. The molecule has 0 bridgehead atoms. The standard InChI is InChI=1S/C10H12FNO2/c1-7(12(2)11)8-3-5-9(6-4-8)10(13)14/h3-7H,1-2H3,(H,13,14). The van der Waals surface area contributed by atoms with Crippen LogP contribution in [0.15, 0.2) is 24.3 Å². The Bertz CT molecular complexity index is 321. The van der Waals surface area contributed by atoms with Crippen LogP contribution in [0.5, 0.6) is 0 Å². The molecule has 14 heavy (non-hydrogen) atoms. The van der Waals surface area contributed by atoms with Gasteiger partial charge in [0.05, 0.1) is 11.6 Å². The van der Waals surface area contributed by atoms with E-state index >= 15 is 0 Å². The molecular weight excluding hydrogens is 185 g/mol. The van der Waals surface area contributed by atoms with Crippen LogP contribution in [0.25, 0.3) is 0 Å². The Morgan fingerprint density at radius 1 is 1.43 bits per heavy atom. The van der Waals surface area contributed by atoms with Crippen molar-refractivity contribution in [2.75, 3.05) is 7.05 Å². The van der Waals surface area contributed by atoms with Crippen LogP contribution in [0.1, 0.15) is 28.9 Å². The molecule has 3 nitrogen and oxygen atoms in total. The van der Waals surface area contributed by atoms with E-state index in [1.165, 1.54) is 19.2 Å². The van der Waals surface area contributed by atoms with Crippen LogP contribution in [-0.2, 0) is 0 Å². The van der Waals surface area contributed by atoms with Gasteiger partial charge in [0.2, 0.25) is 0 Å². The van der Waals surface area contributed by atoms with Gasteiger partial charge >= 0.3 is 5.97 Å². The predicted octanol–water partition coefficient (Wildman–Crippen LogP) is 2.26. The van der Waals surface area contributed by atoms with E-state index in [9.17, 15) is 9.28 Å². The van der Waals surface area contributed by atoms with E-state index in [1.807, 2.05) is 0 Å². The first kappa shape index (κ1) is 10.7. The Labute approximate surface area is 81.7 Å². The number of nitrogens with zero attached hydrogens (tertiary/aromatic N) is 1. The molecule has 1 rings (SSSR count). The smallest absolute Gasteiger partial charge is 0.335 e. The van der Waals surface area contributed by atoms with Gasteiger partial charge in [-0.05, 0) is 24.6 Å². The molecule has 4 heteroatoms. The molecule has 0 fully saturated rings. The van der Waals surface area contributed by atoms with Gasteiger partial charge in [-0.15, -0.1) is 9.60 Å². The number of halogens is 1. The van der Waals surface area contributed by atoms with Gasteiger partial charge in [0.15, 0.2) is 0 Å². The molecule has 76 valence electrons. The maximum atomic E-state index is 12.8. The van der Waals surface area contributed by atoms with Crippen LogP contribution in [0, 0.1) is 0 Å². The van der Waals surface area contributed by atoms with Gasteiger partial charge in [-0.1, -0.05) is 12.1 Å². The largest absolute Gasteiger partial charge is 0.478 e. The summed E-state index contributed by atoms with van der Waals surface area (Å²) < 4.78 is 12.8. The summed E-state index contributed by atoms with van der Waals surface area (Å²) >= 11 is 0. The van der Waals surface area contributed by atoms with Gasteiger partial charge in [0.25, 0.3) is 0 Å². The second kappa shape index (κ2) is 4.19. The summed E-state index contributed by atoms with van der Waals surface area (Å²) in [6.07, 6.45) is 0. The number of aromatic carboxylic acids is 1. The van der Waals surface area contributed by atoms with Crippen molar-refractivity contribution < 1.29 is 14.4 Å². The van der Waals surface area contributed by atoms with E-state index in [1.54, 1.807) is 19.1 Å². The fourth-order valence-electron chi connectivity index (χ4n) is 1.11. The summed E-state index contributed by atoms with van der Waals surface area (Å²) in [5.41, 5.74) is 0.961. The maximum Gasteiger partial charge on any atom is 0.335 e. The summed E-state index contributed by atoms with van der Waals surface area (Å²) in [6.45, 7) is 1.70. The zero-order valence-corrected chi connectivity index (χ0v) is 8.07. The molecule has 0 aliphatic heterocycles. The van der Waals surface area contributed by atoms with Crippen LogP contribution in [0.3, 0.4) is 0 Å². The first-order valence-corrected chi connectivity index (χ1v) is 4.24. The molecule has 0 heterocycles. The molecule has 1 unspecified atom stereocenters. The highest BCUT2D eigenvalue weighted by atomic mass is 19.2. The SMILES string of the molecule is CC(c1ccc(C(=O)O)cc1)N(C)F. The molecule has 0 aliphatic carbocycles. The average molecular weight is 197 g/mol. The van der Waals surface area contributed by atoms with E-state index in [0.717, 1.165) is 5.56 Å². The second-order valence-corrected chi connectivity index (χ2v) is 3.13. The molecule has 1 atom stereocenters. The fraction of sp³-hybridized carbons (Fsp3) is 0.300. The molecule has 1 aromatic rings. The van der Waals surface area contributed by atoms with Crippen molar-refractivity contribution in [1.82, 2.24) is 5.12 Å². The summed E-state index contributed by atoms with van der Waals surface area (Å²) in [7, 11) is 1.33. The molecule has 0 saturated heterocycles. The van der Waals surface area contributed by atoms with Crippen molar-refractivity contribution in [2.24, 2.45) is 0 Å². The monoisotopic (exact) mass is 197 g/mol. The normalized spacial score (nSPS) is 12.9. The zero-order chi connectivity index (χ0) is 10.7. The Kier molecular flexibility index (Phi) is 3.19. The van der Waals surface area contributed by atoms with Crippen molar-refractivity contribution in [3.05, 3.63) is 35.4 Å². The van der Waals surface area contributed by atoms with Crippen molar-refractivity contribution >= 4 is 5.97 Å². The number of carboxylic acids is 1. The average Bonchev–Trinajstić information content (AvgIpc) is 2.16. The highest BCUT2D eigenvalue weighted by Crippen LogP contribution is 2.19. The van der Waals surface area contributed by atoms with E-state index in [2.05, 4.69) is 0 Å². The number of hydrogen-bond donors (Lipinski definition) is 1. The molecular formula is C10H12FNO2. The van der Waals surface area contributed by atoms with E-state index in [-0.39, 0.29) is 11.6 Å². The highest BCUT2D eigenvalue weighted by Gasteiger charge is 2.11. The third-order valence-electron chi connectivity index (χ3n) is 2.17. The van der Waals surface area contributed by atoms with Gasteiger partial charge in [0.1, 0.15) is 0 Å². The van der Waals surface area contributed by atoms with Crippen molar-refractivity contribution in [3.63, 3.8) is 0 Å².